The van der Waals surface area contributed by atoms with Crippen LogP contribution in [0.15, 0.2) is 18.5 Å². The van der Waals surface area contributed by atoms with E-state index < -0.39 is 5.41 Å². The van der Waals surface area contributed by atoms with Crippen LogP contribution in [0.4, 0.5) is 5.82 Å². The fourth-order valence-corrected chi connectivity index (χ4v) is 3.22. The number of nitriles is 1. The first-order valence-corrected chi connectivity index (χ1v) is 7.17. The summed E-state index contributed by atoms with van der Waals surface area (Å²) < 4.78 is 7.91. The molecule has 6 nitrogen and oxygen atoms in total. The van der Waals surface area contributed by atoms with Crippen molar-refractivity contribution in [2.45, 2.75) is 39.4 Å². The van der Waals surface area contributed by atoms with Crippen LogP contribution in [0.5, 0.6) is 0 Å². The summed E-state index contributed by atoms with van der Waals surface area (Å²) in [6, 6.07) is 6.25. The Morgan fingerprint density at radius 1 is 1.52 bits per heavy atom. The van der Waals surface area contributed by atoms with Gasteiger partial charge in [-0.3, -0.25) is 0 Å². The highest BCUT2D eigenvalue weighted by Gasteiger charge is 2.52. The molecule has 1 saturated heterocycles. The van der Waals surface area contributed by atoms with Crippen molar-refractivity contribution in [3.05, 3.63) is 24.2 Å². The molecule has 6 heteroatoms. The fourth-order valence-electron chi connectivity index (χ4n) is 3.22. The first-order valence-electron chi connectivity index (χ1n) is 7.17. The largest absolute Gasteiger partial charge is 0.382 e. The summed E-state index contributed by atoms with van der Waals surface area (Å²) in [5.41, 5.74) is 6.88. The molecule has 21 heavy (non-hydrogen) atoms. The van der Waals surface area contributed by atoms with E-state index in [1.54, 1.807) is 4.52 Å². The molecule has 1 fully saturated rings. The molecule has 2 aromatic heterocycles. The van der Waals surface area contributed by atoms with Gasteiger partial charge >= 0.3 is 0 Å². The van der Waals surface area contributed by atoms with Crippen molar-refractivity contribution in [1.29, 1.82) is 5.26 Å². The standard InChI is InChI=1S/C15H19N5O/c1-4-12-9(2)15(3,7-16)13(21-12)10-5-6-11-14(17)18-8-19-20(10)11/h5-6,8-9,12-13H,4H2,1-3H3,(H2,17,18,19)/t9-,12-,13+,15-/m1/s1. The van der Waals surface area contributed by atoms with Crippen molar-refractivity contribution in [2.75, 3.05) is 5.73 Å². The third kappa shape index (κ3) is 1.81. The number of hydrogen-bond donors (Lipinski definition) is 1. The van der Waals surface area contributed by atoms with Gasteiger partial charge in [-0.2, -0.15) is 10.4 Å². The van der Waals surface area contributed by atoms with Crippen molar-refractivity contribution in [3.63, 3.8) is 0 Å². The van der Waals surface area contributed by atoms with E-state index in [9.17, 15) is 5.26 Å². The summed E-state index contributed by atoms with van der Waals surface area (Å²) in [4.78, 5) is 3.99. The Balaban J connectivity index is 2.14. The second kappa shape index (κ2) is 4.71. The molecule has 0 bridgehead atoms. The third-order valence-corrected chi connectivity index (χ3v) is 4.78. The van der Waals surface area contributed by atoms with Gasteiger partial charge in [0.05, 0.1) is 23.3 Å². The van der Waals surface area contributed by atoms with Crippen LogP contribution in [0, 0.1) is 22.7 Å². The minimum Gasteiger partial charge on any atom is -0.382 e. The van der Waals surface area contributed by atoms with E-state index in [2.05, 4.69) is 30.0 Å². The highest BCUT2D eigenvalue weighted by Crippen LogP contribution is 2.52. The molecule has 3 rings (SSSR count). The Hall–Kier alpha value is -2.13. The molecule has 0 aromatic carbocycles. The fraction of sp³-hybridized carbons (Fsp3) is 0.533. The molecule has 110 valence electrons. The SMILES string of the molecule is CC[C@H]1O[C@@H](c2ccc3c(N)ncnn23)[C@](C)(C#N)[C@@H]1C. The highest BCUT2D eigenvalue weighted by atomic mass is 16.5. The van der Waals surface area contributed by atoms with Gasteiger partial charge in [-0.1, -0.05) is 13.8 Å². The molecule has 0 spiro atoms. The lowest BCUT2D eigenvalue weighted by Crippen LogP contribution is -2.27. The van der Waals surface area contributed by atoms with E-state index in [1.807, 2.05) is 19.1 Å². The van der Waals surface area contributed by atoms with Crippen LogP contribution in [0.1, 0.15) is 39.0 Å². The van der Waals surface area contributed by atoms with Gasteiger partial charge in [0, 0.05) is 5.92 Å². The Morgan fingerprint density at radius 2 is 2.29 bits per heavy atom. The van der Waals surface area contributed by atoms with Crippen LogP contribution in [0.3, 0.4) is 0 Å². The lowest BCUT2D eigenvalue weighted by molar-refractivity contribution is 0.0179. The number of aromatic nitrogens is 3. The van der Waals surface area contributed by atoms with Crippen LogP contribution in [0.2, 0.25) is 0 Å². The molecule has 0 unspecified atom stereocenters. The Bertz CT molecular complexity index is 718. The third-order valence-electron chi connectivity index (χ3n) is 4.78. The molecular formula is C15H19N5O. The Kier molecular flexibility index (Phi) is 3.10. The molecule has 0 aliphatic carbocycles. The Morgan fingerprint density at radius 3 is 2.95 bits per heavy atom. The van der Waals surface area contributed by atoms with Crippen LogP contribution in [-0.2, 0) is 4.74 Å². The average molecular weight is 285 g/mol. The maximum Gasteiger partial charge on any atom is 0.151 e. The van der Waals surface area contributed by atoms with Gasteiger partial charge < -0.3 is 10.5 Å². The lowest BCUT2D eigenvalue weighted by atomic mass is 9.74. The summed E-state index contributed by atoms with van der Waals surface area (Å²) in [5, 5.41) is 14.0. The predicted octanol–water partition coefficient (Wildman–Crippen LogP) is 2.33. The summed E-state index contributed by atoms with van der Waals surface area (Å²) in [5.74, 6) is 0.579. The second-order valence-electron chi connectivity index (χ2n) is 5.85. The summed E-state index contributed by atoms with van der Waals surface area (Å²) in [6.07, 6.45) is 2.06. The van der Waals surface area contributed by atoms with Gasteiger partial charge in [-0.25, -0.2) is 9.50 Å². The smallest absolute Gasteiger partial charge is 0.151 e. The van der Waals surface area contributed by atoms with Gasteiger partial charge in [0.1, 0.15) is 17.9 Å². The van der Waals surface area contributed by atoms with Crippen LogP contribution in [-0.4, -0.2) is 20.7 Å². The number of nitrogen functional groups attached to an aromatic ring is 1. The second-order valence-corrected chi connectivity index (χ2v) is 5.85. The maximum atomic E-state index is 9.71. The van der Waals surface area contributed by atoms with Crippen molar-refractivity contribution in [2.24, 2.45) is 11.3 Å². The molecule has 3 heterocycles. The minimum atomic E-state index is -0.589. The summed E-state index contributed by atoms with van der Waals surface area (Å²) in [6.45, 7) is 6.12. The van der Waals surface area contributed by atoms with Crippen LogP contribution >= 0.6 is 0 Å². The van der Waals surface area contributed by atoms with Gasteiger partial charge in [0.15, 0.2) is 5.82 Å². The lowest BCUT2D eigenvalue weighted by Gasteiger charge is -2.25. The number of nitrogens with two attached hydrogens (primary N) is 1. The summed E-state index contributed by atoms with van der Waals surface area (Å²) >= 11 is 0. The zero-order chi connectivity index (χ0) is 15.2. The van der Waals surface area contributed by atoms with E-state index in [0.29, 0.717) is 5.82 Å². The molecular weight excluding hydrogens is 266 g/mol. The molecule has 4 atom stereocenters. The molecule has 0 radical (unpaired) electrons. The van der Waals surface area contributed by atoms with E-state index in [-0.39, 0.29) is 18.1 Å². The van der Waals surface area contributed by atoms with Gasteiger partial charge in [0.25, 0.3) is 0 Å². The van der Waals surface area contributed by atoms with Gasteiger partial charge in [0.2, 0.25) is 0 Å². The van der Waals surface area contributed by atoms with Crippen LogP contribution < -0.4 is 5.73 Å². The van der Waals surface area contributed by atoms with Crippen molar-refractivity contribution >= 4 is 11.3 Å². The average Bonchev–Trinajstić information content (AvgIpc) is 3.01. The topological polar surface area (TPSA) is 89.2 Å². The number of anilines is 1. The zero-order valence-corrected chi connectivity index (χ0v) is 12.4. The molecule has 2 aromatic rings. The van der Waals surface area contributed by atoms with Gasteiger partial charge in [-0.15, -0.1) is 0 Å². The first-order chi connectivity index (χ1) is 10.0. The quantitative estimate of drug-likeness (QED) is 0.914. The van der Waals surface area contributed by atoms with E-state index in [0.717, 1.165) is 17.6 Å². The molecule has 0 amide bonds. The van der Waals surface area contributed by atoms with E-state index in [4.69, 9.17) is 10.5 Å². The number of fused-ring (bicyclic) bond motifs is 1. The minimum absolute atomic E-state index is 0.0735. The zero-order valence-electron chi connectivity index (χ0n) is 12.4. The van der Waals surface area contributed by atoms with Gasteiger partial charge in [-0.05, 0) is 25.5 Å². The number of rotatable bonds is 2. The van der Waals surface area contributed by atoms with E-state index in [1.165, 1.54) is 6.33 Å². The molecule has 2 N–H and O–H groups in total. The van der Waals surface area contributed by atoms with Crippen molar-refractivity contribution in [3.8, 4) is 6.07 Å². The monoisotopic (exact) mass is 285 g/mol. The number of ether oxygens (including phenoxy) is 1. The first kappa shape index (κ1) is 13.8. The van der Waals surface area contributed by atoms with Crippen molar-refractivity contribution < 1.29 is 4.74 Å². The normalized spacial score (nSPS) is 32.4. The highest BCUT2D eigenvalue weighted by molar-refractivity contribution is 5.65. The summed E-state index contributed by atoms with van der Waals surface area (Å²) in [7, 11) is 0. The molecule has 0 saturated carbocycles. The Labute approximate surface area is 123 Å². The number of hydrogen-bond acceptors (Lipinski definition) is 5. The molecule has 1 aliphatic heterocycles. The predicted molar refractivity (Wildman–Crippen MR) is 78.2 cm³/mol. The van der Waals surface area contributed by atoms with E-state index >= 15 is 0 Å². The maximum absolute atomic E-state index is 9.71. The molecule has 1 aliphatic rings. The van der Waals surface area contributed by atoms with Crippen LogP contribution in [0.25, 0.3) is 5.52 Å². The van der Waals surface area contributed by atoms with Crippen molar-refractivity contribution in [1.82, 2.24) is 14.6 Å². The number of nitrogens with zero attached hydrogens (tertiary/aromatic N) is 4.